The lowest BCUT2D eigenvalue weighted by molar-refractivity contribution is -0.0997. The van der Waals surface area contributed by atoms with Crippen molar-refractivity contribution >= 4 is 34.5 Å². The van der Waals surface area contributed by atoms with Gasteiger partial charge in [-0.3, -0.25) is 4.79 Å². The number of halogens is 1. The van der Waals surface area contributed by atoms with Crippen LogP contribution in [0, 0.1) is 6.92 Å². The molecule has 3 rings (SSSR count). The highest BCUT2D eigenvalue weighted by molar-refractivity contribution is 14.1. The Balaban J connectivity index is 2.07. The monoisotopic (exact) mass is 434 g/mol. The van der Waals surface area contributed by atoms with Crippen molar-refractivity contribution in [1.29, 1.82) is 0 Å². The van der Waals surface area contributed by atoms with Crippen LogP contribution in [0.2, 0.25) is 0 Å². The van der Waals surface area contributed by atoms with Crippen molar-refractivity contribution in [1.82, 2.24) is 0 Å². The number of alkyl halides is 1. The van der Waals surface area contributed by atoms with Gasteiger partial charge in [0.25, 0.3) is 0 Å². The van der Waals surface area contributed by atoms with Crippen LogP contribution in [0.25, 0.3) is 6.08 Å². The summed E-state index contributed by atoms with van der Waals surface area (Å²) in [5.41, 5.74) is 3.33. The van der Waals surface area contributed by atoms with Gasteiger partial charge in [0.05, 0.1) is 23.2 Å². The fourth-order valence-corrected chi connectivity index (χ4v) is 3.53. The van der Waals surface area contributed by atoms with E-state index in [-0.39, 0.29) is 5.78 Å². The molecule has 24 heavy (non-hydrogen) atoms. The fraction of sp³-hybridized carbons (Fsp3) is 0.250. The summed E-state index contributed by atoms with van der Waals surface area (Å²) >= 11 is 2.22. The lowest BCUT2D eigenvalue weighted by Crippen LogP contribution is -2.38. The second kappa shape index (κ2) is 7.59. The third-order valence-corrected chi connectivity index (χ3v) is 5.01. The number of Topliss-reactive ketones (excluding diaryl/α,β-unsaturated/α-hetero) is 1. The van der Waals surface area contributed by atoms with Gasteiger partial charge < -0.3 is 9.47 Å². The maximum atomic E-state index is 13.1. The molecule has 1 aliphatic heterocycles. The van der Waals surface area contributed by atoms with Crippen LogP contribution in [0.5, 0.6) is 0 Å². The SMILES string of the molecule is Cc1ccc(/C=C(\C(=O)c2ccccc2)C2(CI)OCCO2)cc1. The zero-order valence-electron chi connectivity index (χ0n) is 13.5. The molecule has 2 aromatic rings. The molecule has 0 spiro atoms. The first-order valence-corrected chi connectivity index (χ1v) is 9.40. The Bertz CT molecular complexity index is 729. The number of ether oxygens (including phenoxy) is 2. The van der Waals surface area contributed by atoms with E-state index < -0.39 is 5.79 Å². The molecule has 0 atom stereocenters. The second-order valence-corrected chi connectivity index (χ2v) is 6.51. The van der Waals surface area contributed by atoms with Gasteiger partial charge in [0.1, 0.15) is 0 Å². The summed E-state index contributed by atoms with van der Waals surface area (Å²) in [5.74, 6) is -1.03. The van der Waals surface area contributed by atoms with Gasteiger partial charge in [-0.1, -0.05) is 82.8 Å². The third kappa shape index (κ3) is 3.61. The predicted octanol–water partition coefficient (Wildman–Crippen LogP) is 4.44. The van der Waals surface area contributed by atoms with E-state index in [1.165, 1.54) is 5.56 Å². The predicted molar refractivity (Wildman–Crippen MR) is 103 cm³/mol. The van der Waals surface area contributed by atoms with Crippen molar-refractivity contribution in [2.75, 3.05) is 17.6 Å². The van der Waals surface area contributed by atoms with Gasteiger partial charge in [0.2, 0.25) is 5.79 Å². The van der Waals surface area contributed by atoms with E-state index in [2.05, 4.69) is 22.6 Å². The zero-order valence-corrected chi connectivity index (χ0v) is 15.7. The van der Waals surface area contributed by atoms with Crippen molar-refractivity contribution in [2.45, 2.75) is 12.7 Å². The van der Waals surface area contributed by atoms with Gasteiger partial charge in [0, 0.05) is 5.56 Å². The van der Waals surface area contributed by atoms with Crippen molar-refractivity contribution in [3.8, 4) is 0 Å². The Hall–Kier alpha value is -1.50. The zero-order chi connectivity index (χ0) is 17.0. The first-order chi connectivity index (χ1) is 11.6. The number of hydrogen-bond donors (Lipinski definition) is 0. The van der Waals surface area contributed by atoms with Crippen LogP contribution in [-0.2, 0) is 9.47 Å². The van der Waals surface area contributed by atoms with E-state index in [9.17, 15) is 4.79 Å². The summed E-state index contributed by atoms with van der Waals surface area (Å²) in [4.78, 5) is 13.1. The summed E-state index contributed by atoms with van der Waals surface area (Å²) in [6, 6.07) is 17.3. The minimum atomic E-state index is -0.974. The van der Waals surface area contributed by atoms with Crippen LogP contribution in [0.3, 0.4) is 0 Å². The van der Waals surface area contributed by atoms with Crippen LogP contribution < -0.4 is 0 Å². The summed E-state index contributed by atoms with van der Waals surface area (Å²) < 4.78 is 12.3. The van der Waals surface area contributed by atoms with Crippen molar-refractivity contribution in [3.63, 3.8) is 0 Å². The van der Waals surface area contributed by atoms with Crippen molar-refractivity contribution < 1.29 is 14.3 Å². The Morgan fingerprint density at radius 1 is 1.08 bits per heavy atom. The normalized spacial score (nSPS) is 17.0. The standard InChI is InChI=1S/C20H19IO3/c1-15-7-9-16(10-8-15)13-18(20(14-21)23-11-12-24-20)19(22)17-5-3-2-4-6-17/h2-10,13H,11-12,14H2,1H3/b18-13+. The minimum absolute atomic E-state index is 0.0604. The Labute approximate surface area is 155 Å². The second-order valence-electron chi connectivity index (χ2n) is 5.75. The molecule has 0 aromatic heterocycles. The highest BCUT2D eigenvalue weighted by Gasteiger charge is 2.43. The summed E-state index contributed by atoms with van der Waals surface area (Å²) in [5, 5.41) is 0. The largest absolute Gasteiger partial charge is 0.343 e. The van der Waals surface area contributed by atoms with Gasteiger partial charge in [-0.2, -0.15) is 0 Å². The molecule has 0 aliphatic carbocycles. The molecule has 0 amide bonds. The molecule has 0 unspecified atom stereocenters. The summed E-state index contributed by atoms with van der Waals surface area (Å²) in [6.45, 7) is 3.03. The molecule has 124 valence electrons. The molecule has 0 saturated carbocycles. The Kier molecular flexibility index (Phi) is 5.48. The average molecular weight is 434 g/mol. The highest BCUT2D eigenvalue weighted by atomic mass is 127. The van der Waals surface area contributed by atoms with Crippen LogP contribution in [0.4, 0.5) is 0 Å². The average Bonchev–Trinajstić information content (AvgIpc) is 3.11. The number of hydrogen-bond acceptors (Lipinski definition) is 3. The highest BCUT2D eigenvalue weighted by Crippen LogP contribution is 2.34. The number of ketones is 1. The molecule has 1 heterocycles. The summed E-state index contributed by atoms with van der Waals surface area (Å²) in [7, 11) is 0. The molecule has 1 aliphatic rings. The van der Waals surface area contributed by atoms with Crippen LogP contribution in [0.1, 0.15) is 21.5 Å². The van der Waals surface area contributed by atoms with Crippen molar-refractivity contribution in [3.05, 3.63) is 76.9 Å². The third-order valence-electron chi connectivity index (χ3n) is 4.01. The topological polar surface area (TPSA) is 35.5 Å². The molecule has 2 aromatic carbocycles. The number of benzene rings is 2. The first-order valence-electron chi connectivity index (χ1n) is 7.87. The molecule has 0 N–H and O–H groups in total. The molecule has 3 nitrogen and oxygen atoms in total. The number of carbonyl (C=O) groups excluding carboxylic acids is 1. The Morgan fingerprint density at radius 3 is 2.29 bits per heavy atom. The van der Waals surface area contributed by atoms with E-state index in [0.717, 1.165) is 5.56 Å². The lowest BCUT2D eigenvalue weighted by atomic mass is 9.94. The maximum Gasteiger partial charge on any atom is 0.208 e. The molecule has 0 bridgehead atoms. The van der Waals surface area contributed by atoms with Gasteiger partial charge >= 0.3 is 0 Å². The molecular weight excluding hydrogens is 415 g/mol. The maximum absolute atomic E-state index is 13.1. The molecule has 4 heteroatoms. The minimum Gasteiger partial charge on any atom is -0.343 e. The molecule has 0 radical (unpaired) electrons. The van der Waals surface area contributed by atoms with Crippen LogP contribution >= 0.6 is 22.6 Å². The van der Waals surface area contributed by atoms with Gasteiger partial charge in [-0.05, 0) is 18.6 Å². The quantitative estimate of drug-likeness (QED) is 0.302. The lowest BCUT2D eigenvalue weighted by Gasteiger charge is -2.27. The number of aryl methyl sites for hydroxylation is 1. The molecular formula is C20H19IO3. The van der Waals surface area contributed by atoms with E-state index in [0.29, 0.717) is 28.8 Å². The Morgan fingerprint density at radius 2 is 1.71 bits per heavy atom. The van der Waals surface area contributed by atoms with Gasteiger partial charge in [0.15, 0.2) is 5.78 Å². The smallest absolute Gasteiger partial charge is 0.208 e. The van der Waals surface area contributed by atoms with E-state index >= 15 is 0 Å². The van der Waals surface area contributed by atoms with E-state index in [4.69, 9.17) is 9.47 Å². The van der Waals surface area contributed by atoms with E-state index in [1.807, 2.05) is 67.6 Å². The fourth-order valence-electron chi connectivity index (χ4n) is 2.68. The number of rotatable bonds is 5. The number of carbonyl (C=O) groups is 1. The van der Waals surface area contributed by atoms with Crippen LogP contribution in [-0.4, -0.2) is 29.2 Å². The van der Waals surface area contributed by atoms with Crippen molar-refractivity contribution in [2.24, 2.45) is 0 Å². The molecule has 1 saturated heterocycles. The van der Waals surface area contributed by atoms with Gasteiger partial charge in [-0.25, -0.2) is 0 Å². The van der Waals surface area contributed by atoms with Crippen LogP contribution in [0.15, 0.2) is 60.2 Å². The van der Waals surface area contributed by atoms with E-state index in [1.54, 1.807) is 0 Å². The molecule has 1 fully saturated rings. The first kappa shape index (κ1) is 17.3. The van der Waals surface area contributed by atoms with Gasteiger partial charge in [-0.15, -0.1) is 0 Å². The summed E-state index contributed by atoms with van der Waals surface area (Å²) in [6.07, 6.45) is 1.89.